The number of hydrogen-bond donors (Lipinski definition) is 2. The van der Waals surface area contributed by atoms with Crippen LogP contribution in [0.25, 0.3) is 0 Å². The van der Waals surface area contributed by atoms with E-state index in [2.05, 4.69) is 10.3 Å². The van der Waals surface area contributed by atoms with Crippen LogP contribution in [0.4, 0.5) is 0 Å². The molecule has 0 amide bonds. The Bertz CT molecular complexity index is 337. The van der Waals surface area contributed by atoms with Gasteiger partial charge in [0.05, 0.1) is 13.7 Å². The Hall–Kier alpha value is -1.55. The van der Waals surface area contributed by atoms with Crippen molar-refractivity contribution in [1.29, 1.82) is 0 Å². The van der Waals surface area contributed by atoms with Crippen molar-refractivity contribution < 1.29 is 9.84 Å². The summed E-state index contributed by atoms with van der Waals surface area (Å²) in [4.78, 5) is 4.21. The molecule has 0 unspecified atom stereocenters. The molecule has 1 aromatic rings. The fourth-order valence-electron chi connectivity index (χ4n) is 1.12. The predicted molar refractivity (Wildman–Crippen MR) is 61.0 cm³/mol. The molecular formula is C11H16N2O2. The summed E-state index contributed by atoms with van der Waals surface area (Å²) in [6, 6.07) is 5.14. The summed E-state index contributed by atoms with van der Waals surface area (Å²) >= 11 is 0. The lowest BCUT2D eigenvalue weighted by Gasteiger charge is -2.03. The van der Waals surface area contributed by atoms with Gasteiger partial charge in [-0.05, 0) is 30.8 Å². The van der Waals surface area contributed by atoms with E-state index in [4.69, 9.17) is 4.74 Å². The molecule has 0 aliphatic carbocycles. The van der Waals surface area contributed by atoms with Crippen LogP contribution in [0, 0.1) is 0 Å². The van der Waals surface area contributed by atoms with Crippen molar-refractivity contribution in [3.63, 3.8) is 0 Å². The van der Waals surface area contributed by atoms with Crippen LogP contribution in [-0.2, 0) is 0 Å². The zero-order valence-electron chi connectivity index (χ0n) is 9.03. The monoisotopic (exact) mass is 208 g/mol. The van der Waals surface area contributed by atoms with E-state index in [1.54, 1.807) is 24.4 Å². The van der Waals surface area contributed by atoms with Gasteiger partial charge in [-0.1, -0.05) is 0 Å². The third-order valence-corrected chi connectivity index (χ3v) is 1.94. The molecule has 15 heavy (non-hydrogen) atoms. The lowest BCUT2D eigenvalue weighted by molar-refractivity contribution is 0.373. The first-order valence-electron chi connectivity index (χ1n) is 4.79. The van der Waals surface area contributed by atoms with E-state index in [0.29, 0.717) is 5.75 Å². The zero-order chi connectivity index (χ0) is 11.1. The summed E-state index contributed by atoms with van der Waals surface area (Å²) in [5.74, 6) is 0.609. The number of likely N-dealkylation sites (N-methyl/N-ethyl adjacent to an activating group) is 1. The standard InChI is InChI=1S/C11H16N2O2/c1-12-5-6-13-8-9-3-4-10(14)11(7-9)15-2/h3-4,7-8,12,14H,5-6H2,1-2H3/b13-8+. The van der Waals surface area contributed by atoms with Gasteiger partial charge in [0, 0.05) is 12.8 Å². The van der Waals surface area contributed by atoms with Crippen molar-refractivity contribution >= 4 is 6.21 Å². The Labute approximate surface area is 89.6 Å². The molecule has 0 aliphatic heterocycles. The zero-order valence-corrected chi connectivity index (χ0v) is 9.03. The molecule has 0 radical (unpaired) electrons. The van der Waals surface area contributed by atoms with Crippen LogP contribution in [0.5, 0.6) is 11.5 Å². The summed E-state index contributed by atoms with van der Waals surface area (Å²) in [7, 11) is 3.41. The number of hydrogen-bond acceptors (Lipinski definition) is 4. The molecule has 0 fully saturated rings. The van der Waals surface area contributed by atoms with Crippen LogP contribution in [0.3, 0.4) is 0 Å². The summed E-state index contributed by atoms with van der Waals surface area (Å²) in [5, 5.41) is 12.4. The number of benzene rings is 1. The second-order valence-corrected chi connectivity index (χ2v) is 3.07. The van der Waals surface area contributed by atoms with Gasteiger partial charge in [-0.3, -0.25) is 4.99 Å². The minimum absolute atomic E-state index is 0.143. The van der Waals surface area contributed by atoms with E-state index in [-0.39, 0.29) is 5.75 Å². The Morgan fingerprint density at radius 3 is 3.00 bits per heavy atom. The van der Waals surface area contributed by atoms with E-state index in [1.807, 2.05) is 7.05 Å². The first-order valence-corrected chi connectivity index (χ1v) is 4.79. The normalized spacial score (nSPS) is 10.8. The van der Waals surface area contributed by atoms with Gasteiger partial charge in [0.25, 0.3) is 0 Å². The maximum atomic E-state index is 9.37. The van der Waals surface area contributed by atoms with Crippen molar-refractivity contribution in [2.24, 2.45) is 4.99 Å². The molecule has 4 nitrogen and oxygen atoms in total. The summed E-state index contributed by atoms with van der Waals surface area (Å²) in [5.41, 5.74) is 0.917. The van der Waals surface area contributed by atoms with Gasteiger partial charge in [-0.2, -0.15) is 0 Å². The molecule has 0 atom stereocenters. The number of nitrogens with one attached hydrogen (secondary N) is 1. The van der Waals surface area contributed by atoms with Gasteiger partial charge >= 0.3 is 0 Å². The molecule has 4 heteroatoms. The summed E-state index contributed by atoms with van der Waals surface area (Å²) in [6.45, 7) is 1.59. The fraction of sp³-hybridized carbons (Fsp3) is 0.364. The van der Waals surface area contributed by atoms with E-state index in [9.17, 15) is 5.11 Å². The highest BCUT2D eigenvalue weighted by Crippen LogP contribution is 2.25. The number of phenolic OH excluding ortho intramolecular Hbond substituents is 1. The Kier molecular flexibility index (Phi) is 4.63. The molecule has 0 bridgehead atoms. The van der Waals surface area contributed by atoms with Crippen LogP contribution in [0.1, 0.15) is 5.56 Å². The fourth-order valence-corrected chi connectivity index (χ4v) is 1.12. The topological polar surface area (TPSA) is 53.9 Å². The van der Waals surface area contributed by atoms with Gasteiger partial charge in [0.15, 0.2) is 11.5 Å². The molecule has 1 rings (SSSR count). The average molecular weight is 208 g/mol. The van der Waals surface area contributed by atoms with Crippen LogP contribution in [0.2, 0.25) is 0 Å². The van der Waals surface area contributed by atoms with Gasteiger partial charge < -0.3 is 15.2 Å². The second-order valence-electron chi connectivity index (χ2n) is 3.07. The highest BCUT2D eigenvalue weighted by atomic mass is 16.5. The predicted octanol–water partition coefficient (Wildman–Crippen LogP) is 1.04. The van der Waals surface area contributed by atoms with Crippen LogP contribution < -0.4 is 10.1 Å². The molecule has 0 saturated heterocycles. The van der Waals surface area contributed by atoms with Crippen LogP contribution in [-0.4, -0.2) is 38.6 Å². The molecule has 0 aromatic heterocycles. The molecule has 2 N–H and O–H groups in total. The molecule has 0 spiro atoms. The molecule has 82 valence electrons. The highest BCUT2D eigenvalue weighted by Gasteiger charge is 2.00. The second kappa shape index (κ2) is 6.03. The first-order chi connectivity index (χ1) is 7.27. The van der Waals surface area contributed by atoms with Gasteiger partial charge in [-0.15, -0.1) is 0 Å². The molecule has 0 heterocycles. The lowest BCUT2D eigenvalue weighted by Crippen LogP contribution is -2.10. The van der Waals surface area contributed by atoms with Gasteiger partial charge in [0.1, 0.15) is 0 Å². The van der Waals surface area contributed by atoms with Crippen molar-refractivity contribution in [3.05, 3.63) is 23.8 Å². The van der Waals surface area contributed by atoms with Gasteiger partial charge in [0.2, 0.25) is 0 Å². The SMILES string of the molecule is CNCC/N=C/c1ccc(O)c(OC)c1. The average Bonchev–Trinajstić information content (AvgIpc) is 2.26. The minimum Gasteiger partial charge on any atom is -0.504 e. The van der Waals surface area contributed by atoms with E-state index >= 15 is 0 Å². The highest BCUT2D eigenvalue weighted by molar-refractivity contribution is 5.80. The number of ether oxygens (including phenoxy) is 1. The number of aliphatic imine (C=N–C) groups is 1. The summed E-state index contributed by atoms with van der Waals surface area (Å²) in [6.07, 6.45) is 1.76. The first kappa shape index (κ1) is 11.5. The summed E-state index contributed by atoms with van der Waals surface area (Å²) < 4.78 is 4.99. The van der Waals surface area contributed by atoms with Crippen molar-refractivity contribution in [2.75, 3.05) is 27.2 Å². The number of methoxy groups -OCH3 is 1. The van der Waals surface area contributed by atoms with Crippen molar-refractivity contribution in [3.8, 4) is 11.5 Å². The largest absolute Gasteiger partial charge is 0.504 e. The van der Waals surface area contributed by atoms with E-state index in [0.717, 1.165) is 18.7 Å². The molecule has 1 aromatic carbocycles. The Morgan fingerprint density at radius 2 is 2.33 bits per heavy atom. The van der Waals surface area contributed by atoms with Crippen molar-refractivity contribution in [2.45, 2.75) is 0 Å². The van der Waals surface area contributed by atoms with Crippen molar-refractivity contribution in [1.82, 2.24) is 5.32 Å². The molecule has 0 aliphatic rings. The lowest BCUT2D eigenvalue weighted by atomic mass is 10.2. The molecular weight excluding hydrogens is 192 g/mol. The quantitative estimate of drug-likeness (QED) is 0.561. The van der Waals surface area contributed by atoms with E-state index in [1.165, 1.54) is 7.11 Å². The minimum atomic E-state index is 0.143. The number of nitrogens with zero attached hydrogens (tertiary/aromatic N) is 1. The number of rotatable bonds is 5. The third-order valence-electron chi connectivity index (χ3n) is 1.94. The maximum absolute atomic E-state index is 9.37. The molecule has 0 saturated carbocycles. The number of phenols is 1. The third kappa shape index (κ3) is 3.59. The van der Waals surface area contributed by atoms with E-state index < -0.39 is 0 Å². The van der Waals surface area contributed by atoms with Crippen LogP contribution in [0.15, 0.2) is 23.2 Å². The van der Waals surface area contributed by atoms with Crippen LogP contribution >= 0.6 is 0 Å². The Morgan fingerprint density at radius 1 is 1.53 bits per heavy atom. The maximum Gasteiger partial charge on any atom is 0.161 e. The van der Waals surface area contributed by atoms with Gasteiger partial charge in [-0.25, -0.2) is 0 Å². The number of aromatic hydroxyl groups is 1. The smallest absolute Gasteiger partial charge is 0.161 e. The Balaban J connectivity index is 2.65.